The second-order valence-corrected chi connectivity index (χ2v) is 4.25. The predicted octanol–water partition coefficient (Wildman–Crippen LogP) is 1.48. The van der Waals surface area contributed by atoms with Crippen molar-refractivity contribution in [2.75, 3.05) is 11.6 Å². The van der Waals surface area contributed by atoms with E-state index in [4.69, 9.17) is 5.11 Å². The number of anilines is 1. The summed E-state index contributed by atoms with van der Waals surface area (Å²) in [4.78, 5) is 27.0. The molecule has 0 spiro atoms. The summed E-state index contributed by atoms with van der Waals surface area (Å²) in [6.45, 7) is 0. The Morgan fingerprint density at radius 1 is 1.32 bits per heavy atom. The first kappa shape index (κ1) is 13.1. The maximum atomic E-state index is 12.0. The summed E-state index contributed by atoms with van der Waals surface area (Å²) < 4.78 is 0. The van der Waals surface area contributed by atoms with E-state index < -0.39 is 11.9 Å². The van der Waals surface area contributed by atoms with Gasteiger partial charge in [0.25, 0.3) is 5.91 Å². The summed E-state index contributed by atoms with van der Waals surface area (Å²) in [5.41, 5.74) is 0.00158. The van der Waals surface area contributed by atoms with Crippen LogP contribution in [-0.4, -0.2) is 38.4 Å². The summed E-state index contributed by atoms with van der Waals surface area (Å²) in [5, 5.41) is 18.3. The third kappa shape index (κ3) is 2.91. The number of rotatable bonds is 4. The highest BCUT2D eigenvalue weighted by Gasteiger charge is 2.16. The zero-order valence-electron chi connectivity index (χ0n) is 9.88. The van der Waals surface area contributed by atoms with Crippen molar-refractivity contribution >= 4 is 29.6 Å². The Balaban J connectivity index is 2.22. The molecular weight excluding hydrogens is 268 g/mol. The smallest absolute Gasteiger partial charge is 0.336 e. The van der Waals surface area contributed by atoms with Gasteiger partial charge in [0.1, 0.15) is 0 Å². The number of carboxylic acids is 1. The number of nitrogens with zero attached hydrogens (tertiary/aromatic N) is 2. The molecule has 1 aromatic heterocycles. The van der Waals surface area contributed by atoms with Crippen LogP contribution in [0.4, 0.5) is 5.95 Å². The first-order valence-electron chi connectivity index (χ1n) is 5.22. The number of nitrogens with one attached hydrogen (secondary N) is 2. The molecule has 98 valence electrons. The Morgan fingerprint density at radius 2 is 2.00 bits per heavy atom. The van der Waals surface area contributed by atoms with Gasteiger partial charge in [-0.1, -0.05) is 23.9 Å². The highest BCUT2D eigenvalue weighted by Crippen LogP contribution is 2.13. The SMILES string of the molecule is CSc1n[nH]c(NC(=O)c2ccccc2C(=O)O)n1. The number of hydrogen-bond acceptors (Lipinski definition) is 5. The molecule has 0 fully saturated rings. The molecule has 0 saturated heterocycles. The number of benzene rings is 1. The average molecular weight is 278 g/mol. The summed E-state index contributed by atoms with van der Waals surface area (Å²) in [6.07, 6.45) is 1.80. The van der Waals surface area contributed by atoms with Gasteiger partial charge in [0.05, 0.1) is 11.1 Å². The third-order valence-electron chi connectivity index (χ3n) is 2.28. The number of carbonyl (C=O) groups is 2. The van der Waals surface area contributed by atoms with E-state index in [0.29, 0.717) is 5.16 Å². The number of carboxylic acid groups (broad SMARTS) is 1. The van der Waals surface area contributed by atoms with Crippen molar-refractivity contribution < 1.29 is 14.7 Å². The van der Waals surface area contributed by atoms with Gasteiger partial charge < -0.3 is 5.11 Å². The van der Waals surface area contributed by atoms with Crippen LogP contribution in [0.1, 0.15) is 20.7 Å². The summed E-state index contributed by atoms with van der Waals surface area (Å²) in [6, 6.07) is 5.95. The molecule has 0 unspecified atom stereocenters. The van der Waals surface area contributed by atoms with Crippen molar-refractivity contribution in [2.45, 2.75) is 5.16 Å². The van der Waals surface area contributed by atoms with Crippen molar-refractivity contribution in [1.29, 1.82) is 0 Å². The Hall–Kier alpha value is -2.35. The zero-order valence-corrected chi connectivity index (χ0v) is 10.7. The molecule has 0 saturated carbocycles. The van der Waals surface area contributed by atoms with Crippen molar-refractivity contribution in [1.82, 2.24) is 15.2 Å². The third-order valence-corrected chi connectivity index (χ3v) is 2.83. The van der Waals surface area contributed by atoms with Crippen LogP contribution in [0.3, 0.4) is 0 Å². The molecule has 0 atom stereocenters. The van der Waals surface area contributed by atoms with E-state index in [1.165, 1.54) is 23.9 Å². The lowest BCUT2D eigenvalue weighted by molar-refractivity contribution is 0.0692. The van der Waals surface area contributed by atoms with Crippen molar-refractivity contribution in [3.8, 4) is 0 Å². The number of thioether (sulfide) groups is 1. The van der Waals surface area contributed by atoms with Gasteiger partial charge in [0.2, 0.25) is 11.1 Å². The first-order chi connectivity index (χ1) is 9.11. The summed E-state index contributed by atoms with van der Waals surface area (Å²) in [5.74, 6) is -1.54. The number of H-pyrrole nitrogens is 1. The minimum atomic E-state index is -1.16. The lowest BCUT2D eigenvalue weighted by atomic mass is 10.1. The molecule has 0 aliphatic rings. The van der Waals surface area contributed by atoms with Crippen LogP contribution in [0.25, 0.3) is 0 Å². The lowest BCUT2D eigenvalue weighted by Crippen LogP contribution is -2.17. The molecule has 1 heterocycles. The monoisotopic (exact) mass is 278 g/mol. The van der Waals surface area contributed by atoms with Gasteiger partial charge in [-0.25, -0.2) is 9.89 Å². The van der Waals surface area contributed by atoms with Gasteiger partial charge in [-0.05, 0) is 18.4 Å². The van der Waals surface area contributed by atoms with Crippen molar-refractivity contribution in [2.24, 2.45) is 0 Å². The normalized spacial score (nSPS) is 10.2. The maximum absolute atomic E-state index is 12.0. The van der Waals surface area contributed by atoms with E-state index in [2.05, 4.69) is 20.5 Å². The highest BCUT2D eigenvalue weighted by molar-refractivity contribution is 7.98. The topological polar surface area (TPSA) is 108 Å². The van der Waals surface area contributed by atoms with Crippen LogP contribution in [0.5, 0.6) is 0 Å². The molecule has 2 aromatic rings. The molecule has 1 amide bonds. The molecule has 19 heavy (non-hydrogen) atoms. The molecule has 7 nitrogen and oxygen atoms in total. The fourth-order valence-corrected chi connectivity index (χ4v) is 1.76. The molecule has 8 heteroatoms. The average Bonchev–Trinajstić information content (AvgIpc) is 2.86. The van der Waals surface area contributed by atoms with Crippen LogP contribution in [0.15, 0.2) is 29.4 Å². The highest BCUT2D eigenvalue weighted by atomic mass is 32.2. The van der Waals surface area contributed by atoms with Crippen molar-refractivity contribution in [3.63, 3.8) is 0 Å². The van der Waals surface area contributed by atoms with Crippen molar-refractivity contribution in [3.05, 3.63) is 35.4 Å². The second-order valence-electron chi connectivity index (χ2n) is 3.48. The van der Waals surface area contributed by atoms with Crippen LogP contribution in [0, 0.1) is 0 Å². The number of carbonyl (C=O) groups excluding carboxylic acids is 1. The van der Waals surface area contributed by atoms with Gasteiger partial charge in [0.15, 0.2) is 0 Å². The molecule has 0 radical (unpaired) electrons. The standard InChI is InChI=1S/C11H10N4O3S/c1-19-11-13-10(14-15-11)12-8(16)6-4-2-3-5-7(6)9(17)18/h2-5H,1H3,(H,17,18)(H2,12,13,14,15,16). The Bertz CT molecular complexity index is 626. The Morgan fingerprint density at radius 3 is 2.58 bits per heavy atom. The summed E-state index contributed by atoms with van der Waals surface area (Å²) >= 11 is 1.32. The quantitative estimate of drug-likeness (QED) is 0.731. The largest absolute Gasteiger partial charge is 0.478 e. The fraction of sp³-hybridized carbons (Fsp3) is 0.0909. The number of aromatic carboxylic acids is 1. The predicted molar refractivity (Wildman–Crippen MR) is 69.5 cm³/mol. The van der Waals surface area contributed by atoms with E-state index in [0.717, 1.165) is 0 Å². The van der Waals surface area contributed by atoms with Gasteiger partial charge in [-0.15, -0.1) is 5.10 Å². The maximum Gasteiger partial charge on any atom is 0.336 e. The molecule has 1 aromatic carbocycles. The fourth-order valence-electron chi connectivity index (χ4n) is 1.44. The molecule has 0 aliphatic heterocycles. The molecule has 3 N–H and O–H groups in total. The van der Waals surface area contributed by atoms with E-state index >= 15 is 0 Å². The molecular formula is C11H10N4O3S. The second kappa shape index (κ2) is 5.53. The van der Waals surface area contributed by atoms with Crippen LogP contribution in [-0.2, 0) is 0 Å². The van der Waals surface area contributed by atoms with Crippen LogP contribution >= 0.6 is 11.8 Å². The van der Waals surface area contributed by atoms with Gasteiger partial charge in [0, 0.05) is 0 Å². The van der Waals surface area contributed by atoms with Gasteiger partial charge in [-0.3, -0.25) is 10.1 Å². The minimum absolute atomic E-state index is 0.0652. The Kier molecular flexibility index (Phi) is 3.81. The molecule has 0 aliphatic carbocycles. The van der Waals surface area contributed by atoms with E-state index in [1.54, 1.807) is 18.4 Å². The van der Waals surface area contributed by atoms with Crippen LogP contribution < -0.4 is 5.32 Å². The summed E-state index contributed by atoms with van der Waals surface area (Å²) in [7, 11) is 0. The molecule has 2 rings (SSSR count). The van der Waals surface area contributed by atoms with E-state index in [-0.39, 0.29) is 17.1 Å². The zero-order chi connectivity index (χ0) is 13.8. The number of hydrogen-bond donors (Lipinski definition) is 3. The first-order valence-corrected chi connectivity index (χ1v) is 6.44. The number of aromatic nitrogens is 3. The van der Waals surface area contributed by atoms with E-state index in [9.17, 15) is 9.59 Å². The van der Waals surface area contributed by atoms with Gasteiger partial charge >= 0.3 is 5.97 Å². The minimum Gasteiger partial charge on any atom is -0.478 e. The molecule has 0 bridgehead atoms. The Labute approximate surface area is 112 Å². The number of aromatic amines is 1. The van der Waals surface area contributed by atoms with Gasteiger partial charge in [-0.2, -0.15) is 4.98 Å². The van der Waals surface area contributed by atoms with E-state index in [1.807, 2.05) is 0 Å². The lowest BCUT2D eigenvalue weighted by Gasteiger charge is -2.04. The van der Waals surface area contributed by atoms with Crippen LogP contribution in [0.2, 0.25) is 0 Å². The number of amides is 1.